The summed E-state index contributed by atoms with van der Waals surface area (Å²) >= 11 is 4.72. The van der Waals surface area contributed by atoms with Crippen molar-refractivity contribution in [2.24, 2.45) is 5.73 Å². The zero-order valence-electron chi connectivity index (χ0n) is 10.7. The average Bonchev–Trinajstić information content (AvgIpc) is 2.27. The summed E-state index contributed by atoms with van der Waals surface area (Å²) in [7, 11) is -6.45. The summed E-state index contributed by atoms with van der Waals surface area (Å²) in [6.45, 7) is 0.341. The maximum atomic E-state index is 11.9. The molecule has 1 heterocycles. The van der Waals surface area contributed by atoms with E-state index in [1.54, 1.807) is 0 Å². The van der Waals surface area contributed by atoms with Crippen molar-refractivity contribution in [1.82, 2.24) is 4.72 Å². The van der Waals surface area contributed by atoms with Gasteiger partial charge in [-0.3, -0.25) is 0 Å². The highest BCUT2D eigenvalue weighted by Crippen LogP contribution is 2.18. The second kappa shape index (κ2) is 6.96. The molecule has 0 amide bonds. The summed E-state index contributed by atoms with van der Waals surface area (Å²) in [4.78, 5) is 0.431. The topological polar surface area (TPSA) is 106 Å². The van der Waals surface area contributed by atoms with E-state index >= 15 is 0 Å². The minimum atomic E-state index is -3.41. The number of hydrogen-bond donors (Lipinski definition) is 2. The molecule has 1 rings (SSSR count). The molecule has 0 spiro atoms. The minimum Gasteiger partial charge on any atom is -0.393 e. The number of sulfone groups is 1. The van der Waals surface area contributed by atoms with Crippen LogP contribution in [0.15, 0.2) is 0 Å². The Morgan fingerprint density at radius 3 is 2.37 bits per heavy atom. The smallest absolute Gasteiger partial charge is 0.214 e. The Balaban J connectivity index is 2.34. The van der Waals surface area contributed by atoms with Crippen LogP contribution in [-0.4, -0.2) is 45.1 Å². The number of thiocarbonyl (C=S) groups is 1. The zero-order valence-corrected chi connectivity index (χ0v) is 13.1. The van der Waals surface area contributed by atoms with E-state index in [1.807, 2.05) is 0 Å². The number of unbranched alkanes of at least 4 members (excludes halogenated alkanes) is 1. The summed E-state index contributed by atoms with van der Waals surface area (Å²) in [5.74, 6) is -0.0833. The molecular formula is C10H20N2O4S3. The van der Waals surface area contributed by atoms with Gasteiger partial charge in [-0.05, 0) is 32.1 Å². The first-order valence-corrected chi connectivity index (χ1v) is 9.98. The molecule has 0 atom stereocenters. The molecule has 0 bridgehead atoms. The van der Waals surface area contributed by atoms with Crippen molar-refractivity contribution in [3.63, 3.8) is 0 Å². The lowest BCUT2D eigenvalue weighted by atomic mass is 10.2. The van der Waals surface area contributed by atoms with Gasteiger partial charge >= 0.3 is 0 Å². The second-order valence-corrected chi connectivity index (χ2v) is 9.59. The van der Waals surface area contributed by atoms with Gasteiger partial charge in [-0.1, -0.05) is 12.2 Å². The highest BCUT2D eigenvalue weighted by molar-refractivity contribution is 7.92. The van der Waals surface area contributed by atoms with E-state index in [2.05, 4.69) is 4.72 Å². The number of nitrogens with one attached hydrogen (secondary N) is 1. The molecule has 6 nitrogen and oxygen atoms in total. The Labute approximate surface area is 120 Å². The third-order valence-electron chi connectivity index (χ3n) is 3.09. The van der Waals surface area contributed by atoms with Gasteiger partial charge in [0.2, 0.25) is 10.0 Å². The molecule has 0 saturated carbocycles. The summed E-state index contributed by atoms with van der Waals surface area (Å²) in [6, 6.07) is 0. The van der Waals surface area contributed by atoms with Gasteiger partial charge < -0.3 is 5.73 Å². The first kappa shape index (κ1) is 16.8. The Morgan fingerprint density at radius 1 is 1.26 bits per heavy atom. The van der Waals surface area contributed by atoms with Gasteiger partial charge in [0.1, 0.15) is 9.84 Å². The van der Waals surface area contributed by atoms with Gasteiger partial charge in [0.15, 0.2) is 0 Å². The van der Waals surface area contributed by atoms with Crippen molar-refractivity contribution in [2.45, 2.75) is 37.4 Å². The van der Waals surface area contributed by atoms with Crippen LogP contribution < -0.4 is 10.5 Å². The molecular weight excluding hydrogens is 308 g/mol. The highest BCUT2D eigenvalue weighted by atomic mass is 32.2. The number of hydrogen-bond acceptors (Lipinski definition) is 5. The van der Waals surface area contributed by atoms with Gasteiger partial charge in [-0.25, -0.2) is 21.6 Å². The van der Waals surface area contributed by atoms with Gasteiger partial charge in [0, 0.05) is 6.54 Å². The molecule has 0 aromatic heterocycles. The van der Waals surface area contributed by atoms with Gasteiger partial charge in [-0.2, -0.15) is 0 Å². The van der Waals surface area contributed by atoms with Crippen LogP contribution in [0, 0.1) is 0 Å². The second-order valence-electron chi connectivity index (χ2n) is 4.71. The molecule has 19 heavy (non-hydrogen) atoms. The van der Waals surface area contributed by atoms with Crippen LogP contribution >= 0.6 is 12.2 Å². The molecule has 1 aliphatic rings. The van der Waals surface area contributed by atoms with Crippen LogP contribution in [0.1, 0.15) is 32.1 Å². The predicted octanol–water partition coefficient (Wildman–Crippen LogP) is -0.0606. The molecule has 1 fully saturated rings. The molecule has 0 aromatic carbocycles. The van der Waals surface area contributed by atoms with E-state index in [9.17, 15) is 16.8 Å². The van der Waals surface area contributed by atoms with Crippen LogP contribution in [0.2, 0.25) is 0 Å². The summed E-state index contributed by atoms with van der Waals surface area (Å²) in [5, 5.41) is -0.591. The third kappa shape index (κ3) is 6.15. The predicted molar refractivity (Wildman–Crippen MR) is 79.2 cm³/mol. The summed E-state index contributed by atoms with van der Waals surface area (Å²) < 4.78 is 48.9. The monoisotopic (exact) mass is 328 g/mol. The molecule has 112 valence electrons. The van der Waals surface area contributed by atoms with Crippen molar-refractivity contribution in [1.29, 1.82) is 0 Å². The molecule has 0 aromatic rings. The highest BCUT2D eigenvalue weighted by Gasteiger charge is 2.32. The van der Waals surface area contributed by atoms with Gasteiger partial charge in [-0.15, -0.1) is 0 Å². The SMILES string of the molecule is NC(=S)CCCCNS(=O)(=O)C1CCS(=O)(=O)CC1. The van der Waals surface area contributed by atoms with Crippen molar-refractivity contribution in [3.8, 4) is 0 Å². The molecule has 0 unspecified atom stereocenters. The fraction of sp³-hybridized carbons (Fsp3) is 0.900. The lowest BCUT2D eigenvalue weighted by Crippen LogP contribution is -2.40. The normalized spacial score (nSPS) is 20.2. The van der Waals surface area contributed by atoms with Crippen LogP contribution in [0.5, 0.6) is 0 Å². The first-order valence-electron chi connectivity index (χ1n) is 6.20. The fourth-order valence-electron chi connectivity index (χ4n) is 1.94. The fourth-order valence-corrected chi connectivity index (χ4v) is 5.39. The van der Waals surface area contributed by atoms with E-state index < -0.39 is 25.1 Å². The molecule has 0 radical (unpaired) electrons. The lowest BCUT2D eigenvalue weighted by molar-refractivity contribution is 0.540. The maximum Gasteiger partial charge on any atom is 0.214 e. The van der Waals surface area contributed by atoms with Gasteiger partial charge in [0.25, 0.3) is 0 Å². The Morgan fingerprint density at radius 2 is 1.84 bits per heavy atom. The van der Waals surface area contributed by atoms with E-state index in [-0.39, 0.29) is 24.3 Å². The van der Waals surface area contributed by atoms with Crippen molar-refractivity contribution in [2.75, 3.05) is 18.1 Å². The largest absolute Gasteiger partial charge is 0.393 e. The first-order chi connectivity index (χ1) is 8.73. The molecule has 1 aliphatic heterocycles. The van der Waals surface area contributed by atoms with Crippen molar-refractivity contribution < 1.29 is 16.8 Å². The van der Waals surface area contributed by atoms with Crippen LogP contribution in [0.25, 0.3) is 0 Å². The minimum absolute atomic E-state index is 0.0416. The van der Waals surface area contributed by atoms with Crippen LogP contribution in [0.3, 0.4) is 0 Å². The quantitative estimate of drug-likeness (QED) is 0.501. The van der Waals surface area contributed by atoms with Gasteiger partial charge in [0.05, 0.1) is 21.7 Å². The van der Waals surface area contributed by atoms with E-state index in [0.717, 1.165) is 6.42 Å². The zero-order chi connectivity index (χ0) is 14.5. The van der Waals surface area contributed by atoms with Crippen LogP contribution in [-0.2, 0) is 19.9 Å². The standard InChI is InChI=1S/C10H20N2O4S3/c11-10(17)3-1-2-6-12-19(15,16)9-4-7-18(13,14)8-5-9/h9,12H,1-8H2,(H2,11,17). The maximum absolute atomic E-state index is 11.9. The molecule has 3 N–H and O–H groups in total. The third-order valence-corrected chi connectivity index (χ3v) is 6.97. The number of nitrogens with two attached hydrogens (primary N) is 1. The molecule has 1 saturated heterocycles. The van der Waals surface area contributed by atoms with E-state index in [1.165, 1.54) is 0 Å². The van der Waals surface area contributed by atoms with Crippen molar-refractivity contribution in [3.05, 3.63) is 0 Å². The molecule has 9 heteroatoms. The van der Waals surface area contributed by atoms with E-state index in [0.29, 0.717) is 24.4 Å². The Kier molecular flexibility index (Phi) is 6.15. The summed E-state index contributed by atoms with van der Waals surface area (Å²) in [6.07, 6.45) is 2.40. The Bertz CT molecular complexity index is 499. The number of rotatable bonds is 7. The number of sulfonamides is 1. The lowest BCUT2D eigenvalue weighted by Gasteiger charge is -2.22. The Hall–Kier alpha value is -0.250. The van der Waals surface area contributed by atoms with Crippen LogP contribution in [0.4, 0.5) is 0 Å². The molecule has 0 aliphatic carbocycles. The average molecular weight is 328 g/mol. The van der Waals surface area contributed by atoms with Crippen molar-refractivity contribution >= 4 is 37.1 Å². The van der Waals surface area contributed by atoms with E-state index in [4.69, 9.17) is 18.0 Å². The summed E-state index contributed by atoms with van der Waals surface area (Å²) in [5.41, 5.74) is 5.34.